The number of aliphatic carboxylic acids is 1. The standard InChI is InChI=1S/C45H59N9O12/c1-27(29-11-9-28(25-46)10-12-29)49-37(56)34-24-32(26-54(34)42(62)66-44(2,3)4)64-43(63)65-35(38(57)53-22-20-52(5)21-23-53)30-13-15-31(16-14-30)50-36(55)33(8-6-19-48-41(47)61)51-39(58)45(40(59)60)17-7-18-45/h9-16,27,32-35H,6-8,17-24,26H2,1-5H3,(H,49,56)(H,50,55)(H,51,58)(H,59,60)(H3,47,48,61)/t27-,32+,33?,34-,35?/m0/s1. The monoisotopic (exact) mass is 917 g/mol. The molecule has 7 amide bonds. The second kappa shape index (κ2) is 21.8. The molecule has 2 unspecified atom stereocenters. The summed E-state index contributed by atoms with van der Waals surface area (Å²) in [4.78, 5) is 110. The average molecular weight is 918 g/mol. The number of nitrogens with zero attached hydrogens (tertiary/aromatic N) is 4. The van der Waals surface area contributed by atoms with Crippen molar-refractivity contribution in [2.75, 3.05) is 51.6 Å². The van der Waals surface area contributed by atoms with Gasteiger partial charge >= 0.3 is 24.2 Å². The maximum atomic E-state index is 14.1. The van der Waals surface area contributed by atoms with Crippen LogP contribution in [0, 0.1) is 16.7 Å². The molecular formula is C45H59N9O12. The van der Waals surface area contributed by atoms with Crippen LogP contribution < -0.4 is 27.0 Å². The molecule has 356 valence electrons. The summed E-state index contributed by atoms with van der Waals surface area (Å²) >= 11 is 0. The zero-order valence-electron chi connectivity index (χ0n) is 37.8. The van der Waals surface area contributed by atoms with E-state index in [1.54, 1.807) is 56.9 Å². The lowest BCUT2D eigenvalue weighted by Gasteiger charge is -2.37. The number of piperazine rings is 1. The van der Waals surface area contributed by atoms with E-state index in [1.165, 1.54) is 29.2 Å². The molecule has 0 aromatic heterocycles. The normalized spacial score (nSPS) is 19.3. The van der Waals surface area contributed by atoms with Crippen molar-refractivity contribution in [2.45, 2.75) is 102 Å². The number of urea groups is 1. The predicted molar refractivity (Wildman–Crippen MR) is 235 cm³/mol. The number of carboxylic acids is 1. The Morgan fingerprint density at radius 1 is 0.939 bits per heavy atom. The molecule has 3 fully saturated rings. The van der Waals surface area contributed by atoms with Crippen molar-refractivity contribution in [2.24, 2.45) is 11.1 Å². The van der Waals surface area contributed by atoms with Gasteiger partial charge in [-0.25, -0.2) is 14.4 Å². The molecule has 3 aliphatic rings. The third kappa shape index (κ3) is 13.1. The van der Waals surface area contributed by atoms with E-state index >= 15 is 0 Å². The first-order valence-corrected chi connectivity index (χ1v) is 21.8. The Hall–Kier alpha value is -6.95. The highest BCUT2D eigenvalue weighted by Crippen LogP contribution is 2.41. The Morgan fingerprint density at radius 3 is 2.14 bits per heavy atom. The lowest BCUT2D eigenvalue weighted by molar-refractivity contribution is -0.162. The van der Waals surface area contributed by atoms with Gasteiger partial charge in [-0.1, -0.05) is 30.7 Å². The minimum Gasteiger partial charge on any atom is -0.480 e. The predicted octanol–water partition coefficient (Wildman–Crippen LogP) is 2.91. The van der Waals surface area contributed by atoms with Crippen molar-refractivity contribution in [1.82, 2.24) is 30.7 Å². The SMILES string of the molecule is C[C@H](NC(=O)[C@@H]1C[C@@H](OC(=O)OC(C(=O)N2CCN(C)CC2)c2ccc(NC(=O)C(CCCNC(N)=O)NC(=O)C3(C(=O)O)CCC3)cc2)CN1C(=O)OC(C)(C)C)c1ccc(C#N)cc1. The molecule has 0 radical (unpaired) electrons. The number of carboxylic acid groups (broad SMARTS) is 1. The number of carbonyl (C=O) groups is 8. The van der Waals surface area contributed by atoms with E-state index in [4.69, 9.17) is 19.9 Å². The molecule has 5 atom stereocenters. The number of likely N-dealkylation sites (tertiary alicyclic amines) is 1. The number of anilines is 1. The number of hydrogen-bond acceptors (Lipinski definition) is 13. The van der Waals surface area contributed by atoms with Gasteiger partial charge in [0.2, 0.25) is 23.8 Å². The third-order valence-electron chi connectivity index (χ3n) is 11.7. The van der Waals surface area contributed by atoms with Crippen LogP contribution in [0.25, 0.3) is 0 Å². The fourth-order valence-electron chi connectivity index (χ4n) is 7.73. The highest BCUT2D eigenvalue weighted by Gasteiger charge is 2.52. The van der Waals surface area contributed by atoms with Crippen LogP contribution in [0.4, 0.5) is 20.1 Å². The van der Waals surface area contributed by atoms with Crippen LogP contribution in [0.3, 0.4) is 0 Å². The number of carbonyl (C=O) groups excluding carboxylic acids is 7. The highest BCUT2D eigenvalue weighted by molar-refractivity contribution is 6.05. The van der Waals surface area contributed by atoms with E-state index in [1.807, 2.05) is 18.0 Å². The molecule has 1 saturated carbocycles. The van der Waals surface area contributed by atoms with Crippen molar-refractivity contribution in [3.8, 4) is 6.07 Å². The maximum Gasteiger partial charge on any atom is 0.509 e. The first-order valence-electron chi connectivity index (χ1n) is 21.8. The van der Waals surface area contributed by atoms with Crippen LogP contribution in [0.15, 0.2) is 48.5 Å². The van der Waals surface area contributed by atoms with Crippen molar-refractivity contribution < 1.29 is 57.7 Å². The molecule has 0 spiro atoms. The summed E-state index contributed by atoms with van der Waals surface area (Å²) in [6.45, 7) is 8.45. The molecule has 2 aromatic rings. The molecule has 0 bridgehead atoms. The number of primary amides is 1. The Morgan fingerprint density at radius 2 is 1.58 bits per heavy atom. The number of ether oxygens (including phenoxy) is 3. The third-order valence-corrected chi connectivity index (χ3v) is 11.7. The Balaban J connectivity index is 1.31. The van der Waals surface area contributed by atoms with E-state index in [9.17, 15) is 48.7 Å². The number of nitrogens with one attached hydrogen (secondary N) is 4. The zero-order valence-corrected chi connectivity index (χ0v) is 37.8. The number of benzene rings is 2. The minimum atomic E-state index is -1.64. The summed E-state index contributed by atoms with van der Waals surface area (Å²) in [7, 11) is 1.91. The summed E-state index contributed by atoms with van der Waals surface area (Å²) in [5.41, 5.74) is 4.21. The van der Waals surface area contributed by atoms with Crippen LogP contribution >= 0.6 is 0 Å². The van der Waals surface area contributed by atoms with Crippen molar-refractivity contribution in [1.29, 1.82) is 5.26 Å². The molecule has 2 aliphatic heterocycles. The topological polar surface area (TPSA) is 292 Å². The number of hydrogen-bond donors (Lipinski definition) is 6. The molecule has 2 heterocycles. The van der Waals surface area contributed by atoms with E-state index in [0.717, 1.165) is 0 Å². The van der Waals surface area contributed by atoms with Gasteiger partial charge in [0, 0.05) is 50.4 Å². The molecule has 5 rings (SSSR count). The van der Waals surface area contributed by atoms with E-state index in [-0.39, 0.29) is 56.4 Å². The number of likely N-dealkylation sites (N-methyl/N-ethyl adjacent to an activating group) is 1. The molecule has 1 aliphatic carbocycles. The quantitative estimate of drug-likeness (QED) is 0.0802. The first-order chi connectivity index (χ1) is 31.2. The van der Waals surface area contributed by atoms with E-state index < -0.39 is 89.2 Å². The summed E-state index contributed by atoms with van der Waals surface area (Å²) in [5, 5.41) is 29.5. The van der Waals surface area contributed by atoms with Gasteiger partial charge in [-0.2, -0.15) is 5.26 Å². The van der Waals surface area contributed by atoms with Gasteiger partial charge in [0.05, 0.1) is 24.2 Å². The van der Waals surface area contributed by atoms with Crippen LogP contribution in [-0.2, 0) is 38.2 Å². The summed E-state index contributed by atoms with van der Waals surface area (Å²) < 4.78 is 17.0. The van der Waals surface area contributed by atoms with Crippen LogP contribution in [0.1, 0.15) is 95.1 Å². The second-order valence-electron chi connectivity index (χ2n) is 17.8. The second-order valence-corrected chi connectivity index (χ2v) is 17.8. The smallest absolute Gasteiger partial charge is 0.480 e. The first kappa shape index (κ1) is 50.1. The summed E-state index contributed by atoms with van der Waals surface area (Å²) in [6.07, 6.45) is -3.68. The molecular weight excluding hydrogens is 859 g/mol. The van der Waals surface area contributed by atoms with Crippen LogP contribution in [-0.4, -0.2) is 138 Å². The zero-order chi connectivity index (χ0) is 48.3. The van der Waals surface area contributed by atoms with Gasteiger partial charge in [0.15, 0.2) is 0 Å². The van der Waals surface area contributed by atoms with Crippen molar-refractivity contribution >= 4 is 53.6 Å². The number of amides is 7. The van der Waals surface area contributed by atoms with Gasteiger partial charge < -0.3 is 56.1 Å². The van der Waals surface area contributed by atoms with Gasteiger partial charge in [-0.15, -0.1) is 0 Å². The van der Waals surface area contributed by atoms with Gasteiger partial charge in [-0.3, -0.25) is 28.9 Å². The number of rotatable bonds is 16. The Labute approximate surface area is 382 Å². The Kier molecular flexibility index (Phi) is 16.5. The van der Waals surface area contributed by atoms with Gasteiger partial charge in [0.1, 0.15) is 29.2 Å². The van der Waals surface area contributed by atoms with E-state index in [2.05, 4.69) is 21.3 Å². The molecule has 2 aromatic carbocycles. The van der Waals surface area contributed by atoms with E-state index in [0.29, 0.717) is 43.7 Å². The van der Waals surface area contributed by atoms with Crippen molar-refractivity contribution in [3.05, 3.63) is 65.2 Å². The summed E-state index contributed by atoms with van der Waals surface area (Å²) in [6, 6.07) is 11.0. The van der Waals surface area contributed by atoms with Crippen LogP contribution in [0.5, 0.6) is 0 Å². The summed E-state index contributed by atoms with van der Waals surface area (Å²) in [5.74, 6) is -3.83. The van der Waals surface area contributed by atoms with Crippen molar-refractivity contribution in [3.63, 3.8) is 0 Å². The molecule has 21 heteroatoms. The fraction of sp³-hybridized carbons (Fsp3) is 0.533. The fourth-order valence-corrected chi connectivity index (χ4v) is 7.73. The Bertz CT molecular complexity index is 2160. The van der Waals surface area contributed by atoms with Gasteiger partial charge in [-0.05, 0) is 90.3 Å². The maximum absolute atomic E-state index is 14.1. The molecule has 7 N–H and O–H groups in total. The molecule has 2 saturated heterocycles. The number of nitriles is 1. The highest BCUT2D eigenvalue weighted by atomic mass is 16.7. The molecule has 66 heavy (non-hydrogen) atoms. The lowest BCUT2D eigenvalue weighted by Crippen LogP contribution is -2.55. The molecule has 21 nitrogen and oxygen atoms in total. The average Bonchev–Trinajstić information content (AvgIpc) is 3.67. The van der Waals surface area contributed by atoms with Gasteiger partial charge in [0.25, 0.3) is 5.91 Å². The number of nitrogens with two attached hydrogens (primary N) is 1. The lowest BCUT2D eigenvalue weighted by atomic mass is 9.68. The minimum absolute atomic E-state index is 0.0306. The van der Waals surface area contributed by atoms with Crippen LogP contribution in [0.2, 0.25) is 0 Å². The largest absolute Gasteiger partial charge is 0.509 e.